The van der Waals surface area contributed by atoms with Crippen molar-refractivity contribution in [3.8, 4) is 5.00 Å². The molecule has 0 saturated heterocycles. The minimum atomic E-state index is -0.508. The molecule has 0 aliphatic carbocycles. The van der Waals surface area contributed by atoms with Gasteiger partial charge in [-0.3, -0.25) is 0 Å². The Bertz CT molecular complexity index is 735. The second-order valence-electron chi connectivity index (χ2n) is 3.64. The topological polar surface area (TPSA) is 82.8 Å². The van der Waals surface area contributed by atoms with E-state index >= 15 is 0 Å². The van der Waals surface area contributed by atoms with Crippen LogP contribution in [0, 0.1) is 0 Å². The van der Waals surface area contributed by atoms with Crippen molar-refractivity contribution in [3.05, 3.63) is 30.0 Å². The second kappa shape index (κ2) is 4.73. The molecular weight excluding hydrogens is 266 g/mol. The molecule has 0 atom stereocenters. The van der Waals surface area contributed by atoms with E-state index in [1.165, 1.54) is 0 Å². The van der Waals surface area contributed by atoms with Crippen molar-refractivity contribution >= 4 is 28.5 Å². The number of carbonyl (C=O) groups excluding carboxylic acids is 1. The number of fused-ring (bicyclic) bond motifs is 1. The molecule has 96 valence electrons. The minimum absolute atomic E-state index is 0.155. The zero-order valence-electron chi connectivity index (χ0n) is 9.98. The predicted molar refractivity (Wildman–Crippen MR) is 68.3 cm³/mol. The van der Waals surface area contributed by atoms with E-state index in [1.807, 2.05) is 24.3 Å². The Morgan fingerprint density at radius 1 is 1.37 bits per heavy atom. The maximum absolute atomic E-state index is 11.8. The van der Waals surface area contributed by atoms with Crippen LogP contribution in [0.4, 0.5) is 0 Å². The Hall–Kier alpha value is -2.35. The zero-order chi connectivity index (χ0) is 13.2. The summed E-state index contributed by atoms with van der Waals surface area (Å²) in [5.74, 6) is -0.508. The van der Waals surface area contributed by atoms with E-state index in [-0.39, 0.29) is 12.3 Å². The number of benzene rings is 1. The Balaban J connectivity index is 2.12. The third-order valence-corrected chi connectivity index (χ3v) is 3.19. The number of aromatic nitrogens is 5. The van der Waals surface area contributed by atoms with Gasteiger partial charge in [0.15, 0.2) is 5.00 Å². The van der Waals surface area contributed by atoms with Crippen LogP contribution >= 0.6 is 11.5 Å². The Morgan fingerprint density at radius 2 is 2.21 bits per heavy atom. The number of esters is 1. The molecule has 0 radical (unpaired) electrons. The molecular formula is C11H9N5O2S. The van der Waals surface area contributed by atoms with Gasteiger partial charge in [-0.25, -0.2) is 4.79 Å². The zero-order valence-corrected chi connectivity index (χ0v) is 10.8. The predicted octanol–water partition coefficient (Wildman–Crippen LogP) is 1.45. The lowest BCUT2D eigenvalue weighted by molar-refractivity contribution is 0.0519. The SMILES string of the molecule is CCOC(=O)c1nnsc1-n1nnc2ccccc21. The summed E-state index contributed by atoms with van der Waals surface area (Å²) in [6, 6.07) is 7.46. The molecule has 19 heavy (non-hydrogen) atoms. The van der Waals surface area contributed by atoms with Crippen LogP contribution in [0.1, 0.15) is 17.4 Å². The van der Waals surface area contributed by atoms with Gasteiger partial charge in [0, 0.05) is 11.5 Å². The molecule has 3 rings (SSSR count). The third-order valence-electron chi connectivity index (χ3n) is 2.48. The van der Waals surface area contributed by atoms with Crippen molar-refractivity contribution in [2.24, 2.45) is 0 Å². The number of nitrogens with zero attached hydrogens (tertiary/aromatic N) is 5. The summed E-state index contributed by atoms with van der Waals surface area (Å²) in [5.41, 5.74) is 1.69. The number of ether oxygens (including phenoxy) is 1. The second-order valence-corrected chi connectivity index (χ2v) is 4.37. The molecule has 2 heterocycles. The molecule has 0 bridgehead atoms. The normalized spacial score (nSPS) is 10.8. The number of hydrogen-bond acceptors (Lipinski definition) is 7. The summed E-state index contributed by atoms with van der Waals surface area (Å²) >= 11 is 1.07. The van der Waals surface area contributed by atoms with Crippen molar-refractivity contribution in [3.63, 3.8) is 0 Å². The molecule has 0 fully saturated rings. The van der Waals surface area contributed by atoms with E-state index in [1.54, 1.807) is 11.6 Å². The summed E-state index contributed by atoms with van der Waals surface area (Å²) in [6.07, 6.45) is 0. The first-order valence-corrected chi connectivity index (χ1v) is 6.39. The van der Waals surface area contributed by atoms with E-state index in [9.17, 15) is 4.79 Å². The molecule has 1 aromatic carbocycles. The molecule has 0 saturated carbocycles. The Labute approximate surface area is 112 Å². The number of rotatable bonds is 3. The molecule has 0 spiro atoms. The molecule has 2 aromatic heterocycles. The molecule has 7 nitrogen and oxygen atoms in total. The van der Waals surface area contributed by atoms with Crippen LogP contribution in [0.3, 0.4) is 0 Å². The van der Waals surface area contributed by atoms with Crippen LogP contribution < -0.4 is 0 Å². The van der Waals surface area contributed by atoms with Gasteiger partial charge in [-0.1, -0.05) is 21.8 Å². The van der Waals surface area contributed by atoms with E-state index in [2.05, 4.69) is 19.9 Å². The molecule has 0 aliphatic heterocycles. The van der Waals surface area contributed by atoms with Crippen LogP contribution in [-0.4, -0.2) is 37.2 Å². The van der Waals surface area contributed by atoms with E-state index in [0.717, 1.165) is 22.6 Å². The maximum atomic E-state index is 11.8. The quantitative estimate of drug-likeness (QED) is 0.673. The molecule has 8 heteroatoms. The molecule has 0 aliphatic rings. The van der Waals surface area contributed by atoms with Crippen LogP contribution in [0.25, 0.3) is 16.0 Å². The van der Waals surface area contributed by atoms with Gasteiger partial charge in [0.2, 0.25) is 5.69 Å². The average molecular weight is 275 g/mol. The van der Waals surface area contributed by atoms with Crippen molar-refractivity contribution in [2.45, 2.75) is 6.92 Å². The Kier molecular flexibility index (Phi) is 2.92. The number of carbonyl (C=O) groups is 1. The molecule has 3 aromatic rings. The van der Waals surface area contributed by atoms with Crippen LogP contribution in [-0.2, 0) is 4.74 Å². The van der Waals surface area contributed by atoms with Crippen molar-refractivity contribution in [1.82, 2.24) is 24.6 Å². The first kappa shape index (κ1) is 11.7. The largest absolute Gasteiger partial charge is 0.461 e. The monoisotopic (exact) mass is 275 g/mol. The summed E-state index contributed by atoms with van der Waals surface area (Å²) in [7, 11) is 0. The van der Waals surface area contributed by atoms with Crippen molar-refractivity contribution < 1.29 is 9.53 Å². The molecule has 0 N–H and O–H groups in total. The summed E-state index contributed by atoms with van der Waals surface area (Å²) in [5, 5.41) is 12.4. The lowest BCUT2D eigenvalue weighted by Crippen LogP contribution is -2.09. The maximum Gasteiger partial charge on any atom is 0.362 e. The van der Waals surface area contributed by atoms with E-state index in [0.29, 0.717) is 5.00 Å². The summed E-state index contributed by atoms with van der Waals surface area (Å²) < 4.78 is 10.3. The van der Waals surface area contributed by atoms with Crippen molar-refractivity contribution in [1.29, 1.82) is 0 Å². The van der Waals surface area contributed by atoms with Gasteiger partial charge in [0.25, 0.3) is 0 Å². The standard InChI is InChI=1S/C11H9N5O2S/c1-2-18-11(17)9-10(19-15-13-9)16-8-6-4-3-5-7(8)12-14-16/h3-6H,2H2,1H3. The van der Waals surface area contributed by atoms with Crippen LogP contribution in [0.5, 0.6) is 0 Å². The molecule has 0 unspecified atom stereocenters. The van der Waals surface area contributed by atoms with E-state index in [4.69, 9.17) is 4.74 Å². The van der Waals surface area contributed by atoms with Gasteiger partial charge in [0.1, 0.15) is 5.52 Å². The van der Waals surface area contributed by atoms with Gasteiger partial charge in [-0.05, 0) is 19.1 Å². The average Bonchev–Trinajstić information content (AvgIpc) is 3.05. The number of hydrogen-bond donors (Lipinski definition) is 0. The van der Waals surface area contributed by atoms with Crippen LogP contribution in [0.2, 0.25) is 0 Å². The van der Waals surface area contributed by atoms with E-state index < -0.39 is 5.97 Å². The minimum Gasteiger partial charge on any atom is -0.461 e. The van der Waals surface area contributed by atoms with Gasteiger partial charge >= 0.3 is 5.97 Å². The van der Waals surface area contributed by atoms with Crippen LogP contribution in [0.15, 0.2) is 24.3 Å². The molecule has 0 amide bonds. The highest BCUT2D eigenvalue weighted by atomic mass is 32.1. The van der Waals surface area contributed by atoms with Gasteiger partial charge < -0.3 is 4.74 Å². The fourth-order valence-electron chi connectivity index (χ4n) is 1.67. The van der Waals surface area contributed by atoms with Gasteiger partial charge in [0.05, 0.1) is 12.1 Å². The fraction of sp³-hybridized carbons (Fsp3) is 0.182. The third kappa shape index (κ3) is 1.95. The lowest BCUT2D eigenvalue weighted by atomic mass is 10.3. The summed E-state index contributed by atoms with van der Waals surface area (Å²) in [6.45, 7) is 2.02. The van der Waals surface area contributed by atoms with Gasteiger partial charge in [-0.2, -0.15) is 4.68 Å². The first-order chi connectivity index (χ1) is 9.31. The highest BCUT2D eigenvalue weighted by Gasteiger charge is 2.21. The first-order valence-electron chi connectivity index (χ1n) is 5.61. The number of para-hydroxylation sites is 1. The fourth-order valence-corrected chi connectivity index (χ4v) is 2.29. The lowest BCUT2D eigenvalue weighted by Gasteiger charge is -2.01. The summed E-state index contributed by atoms with van der Waals surface area (Å²) in [4.78, 5) is 11.8. The van der Waals surface area contributed by atoms with Gasteiger partial charge in [-0.15, -0.1) is 10.2 Å². The smallest absolute Gasteiger partial charge is 0.362 e. The highest BCUT2D eigenvalue weighted by molar-refractivity contribution is 7.08. The highest BCUT2D eigenvalue weighted by Crippen LogP contribution is 2.21. The Morgan fingerprint density at radius 3 is 3.05 bits per heavy atom. The van der Waals surface area contributed by atoms with Crippen molar-refractivity contribution in [2.75, 3.05) is 6.61 Å².